The summed E-state index contributed by atoms with van der Waals surface area (Å²) >= 11 is 3.84. The van der Waals surface area contributed by atoms with E-state index in [9.17, 15) is 0 Å². The highest BCUT2D eigenvalue weighted by atomic mass is 32.1. The molecule has 79 heavy (non-hydrogen) atoms. The van der Waals surface area contributed by atoms with Crippen LogP contribution in [0.2, 0.25) is 0 Å². The fourth-order valence-corrected chi connectivity index (χ4v) is 15.9. The number of allylic oxidation sites excluding steroid dienone is 2. The smallest absolute Gasteiger partial charge is 0.0449 e. The number of thiophene rings is 2. The van der Waals surface area contributed by atoms with Crippen LogP contribution in [0, 0.1) is 12.8 Å². The molecule has 0 bridgehead atoms. The second-order valence-electron chi connectivity index (χ2n) is 23.7. The average Bonchev–Trinajstić information content (AvgIpc) is 4.32. The summed E-state index contributed by atoms with van der Waals surface area (Å²) in [6.45, 7) is 19.6. The molecule has 2 aromatic heterocycles. The summed E-state index contributed by atoms with van der Waals surface area (Å²) in [6, 6.07) is 58.0. The quantitative estimate of drug-likeness (QED) is 0.0324. The second kappa shape index (κ2) is 26.2. The molecule has 0 radical (unpaired) electrons. The van der Waals surface area contributed by atoms with Gasteiger partial charge in [0.15, 0.2) is 0 Å². The fourth-order valence-electron chi connectivity index (χ4n) is 13.8. The highest BCUT2D eigenvalue weighted by molar-refractivity contribution is 7.25. The minimum atomic E-state index is -0.0191. The Morgan fingerprint density at radius 2 is 0.696 bits per heavy atom. The first-order valence-corrected chi connectivity index (χ1v) is 32.6. The number of hydrogen-bond donors (Lipinski definition) is 0. The van der Waals surface area contributed by atoms with E-state index in [1.54, 1.807) is 22.3 Å². The molecule has 0 N–H and O–H groups in total. The average molecular weight is 1080 g/mol. The van der Waals surface area contributed by atoms with Crippen LogP contribution in [0.3, 0.4) is 0 Å². The topological polar surface area (TPSA) is 0 Å². The van der Waals surface area contributed by atoms with E-state index in [-0.39, 0.29) is 10.8 Å². The van der Waals surface area contributed by atoms with Crippen molar-refractivity contribution >= 4 is 22.7 Å². The number of benzene rings is 6. The predicted molar refractivity (Wildman–Crippen MR) is 349 cm³/mol. The maximum absolute atomic E-state index is 3.99. The molecule has 2 heterocycles. The summed E-state index contributed by atoms with van der Waals surface area (Å²) in [5.74, 6) is 0.298. The summed E-state index contributed by atoms with van der Waals surface area (Å²) in [6.07, 6.45) is 30.4. The van der Waals surface area contributed by atoms with Gasteiger partial charge in [0, 0.05) is 30.3 Å². The molecule has 10 rings (SSSR count). The van der Waals surface area contributed by atoms with Crippen LogP contribution in [-0.2, 0) is 17.3 Å². The van der Waals surface area contributed by atoms with Crippen LogP contribution in [-0.4, -0.2) is 0 Å². The van der Waals surface area contributed by atoms with Crippen molar-refractivity contribution in [3.63, 3.8) is 0 Å². The fraction of sp³-hybridized carbons (Fsp3) is 0.377. The van der Waals surface area contributed by atoms with E-state index < -0.39 is 0 Å². The summed E-state index contributed by atoms with van der Waals surface area (Å²) < 4.78 is 0. The van der Waals surface area contributed by atoms with Gasteiger partial charge in [-0.05, 0) is 171 Å². The van der Waals surface area contributed by atoms with Crippen molar-refractivity contribution in [2.24, 2.45) is 5.92 Å². The predicted octanol–water partition coefficient (Wildman–Crippen LogP) is 24.4. The second-order valence-corrected chi connectivity index (χ2v) is 25.8. The SMILES string of the molecule is C=CC(C=C)Cc1ccc(-c2ccc(-c3ccc(-c4ccc5c(c4)C(CCCCCC)(CCCCCC)c4cc(-c6ccc(-c7ccc8c(c7)C(CCCCCC)(CCCCCC)c7cc(C)ccc7-8)cc6)ccc4-5)s3)s2)cc1. The maximum Gasteiger partial charge on any atom is 0.0449 e. The van der Waals surface area contributed by atoms with Crippen LogP contribution >= 0.6 is 22.7 Å². The van der Waals surface area contributed by atoms with Crippen molar-refractivity contribution in [1.29, 1.82) is 0 Å². The molecule has 0 fully saturated rings. The molecule has 2 aliphatic rings. The van der Waals surface area contributed by atoms with Gasteiger partial charge in [0.25, 0.3) is 0 Å². The number of unbranched alkanes of at least 4 members (excludes halogenated alkanes) is 12. The Bertz CT molecular complexity index is 3280. The molecule has 0 aliphatic heterocycles. The number of fused-ring (bicyclic) bond motifs is 6. The maximum atomic E-state index is 3.99. The van der Waals surface area contributed by atoms with Crippen molar-refractivity contribution in [2.75, 3.05) is 0 Å². The molecule has 0 spiro atoms. The summed E-state index contributed by atoms with van der Waals surface area (Å²) in [5, 5.41) is 0. The monoisotopic (exact) mass is 1080 g/mol. The molecular formula is C77H88S2. The first-order valence-electron chi connectivity index (χ1n) is 31.0. The molecule has 2 aliphatic carbocycles. The van der Waals surface area contributed by atoms with Crippen molar-refractivity contribution in [1.82, 2.24) is 0 Å². The molecule has 408 valence electrons. The van der Waals surface area contributed by atoms with Crippen LogP contribution in [0.5, 0.6) is 0 Å². The van der Waals surface area contributed by atoms with Gasteiger partial charge in [-0.3, -0.25) is 0 Å². The summed E-state index contributed by atoms with van der Waals surface area (Å²) in [5.41, 5.74) is 22.8. The first-order chi connectivity index (χ1) is 38.8. The van der Waals surface area contributed by atoms with E-state index in [1.807, 2.05) is 34.8 Å². The van der Waals surface area contributed by atoms with Gasteiger partial charge in [-0.25, -0.2) is 0 Å². The molecular weight excluding hydrogens is 989 g/mol. The molecule has 6 aromatic carbocycles. The van der Waals surface area contributed by atoms with Gasteiger partial charge in [0.1, 0.15) is 0 Å². The van der Waals surface area contributed by atoms with E-state index in [0.29, 0.717) is 5.92 Å². The largest absolute Gasteiger partial charge is 0.134 e. The van der Waals surface area contributed by atoms with Crippen LogP contribution in [0.4, 0.5) is 0 Å². The molecule has 0 unspecified atom stereocenters. The van der Waals surface area contributed by atoms with Crippen LogP contribution in [0.25, 0.3) is 75.1 Å². The van der Waals surface area contributed by atoms with Crippen LogP contribution in [0.15, 0.2) is 171 Å². The zero-order valence-electron chi connectivity index (χ0n) is 48.7. The van der Waals surface area contributed by atoms with Gasteiger partial charge in [0.05, 0.1) is 0 Å². The zero-order chi connectivity index (χ0) is 54.8. The van der Waals surface area contributed by atoms with E-state index in [0.717, 1.165) is 6.42 Å². The lowest BCUT2D eigenvalue weighted by atomic mass is 9.70. The number of hydrogen-bond acceptors (Lipinski definition) is 2. The Balaban J connectivity index is 0.959. The third-order valence-corrected chi connectivity index (χ3v) is 20.8. The molecule has 0 atom stereocenters. The zero-order valence-corrected chi connectivity index (χ0v) is 50.3. The highest BCUT2D eigenvalue weighted by Gasteiger charge is 2.44. The Labute approximate surface area is 485 Å². The lowest BCUT2D eigenvalue weighted by molar-refractivity contribution is 0.401. The lowest BCUT2D eigenvalue weighted by Gasteiger charge is -2.33. The van der Waals surface area contributed by atoms with Crippen molar-refractivity contribution in [3.05, 3.63) is 204 Å². The van der Waals surface area contributed by atoms with Gasteiger partial charge >= 0.3 is 0 Å². The molecule has 8 aromatic rings. The van der Waals surface area contributed by atoms with Crippen LogP contribution < -0.4 is 0 Å². The number of rotatable bonds is 29. The van der Waals surface area contributed by atoms with Gasteiger partial charge in [-0.1, -0.05) is 251 Å². The third-order valence-electron chi connectivity index (χ3n) is 18.3. The Morgan fingerprint density at radius 1 is 0.354 bits per heavy atom. The van der Waals surface area contributed by atoms with Gasteiger partial charge in [-0.15, -0.1) is 35.8 Å². The molecule has 0 saturated heterocycles. The minimum Gasteiger partial charge on any atom is -0.134 e. The van der Waals surface area contributed by atoms with Crippen molar-refractivity contribution in [3.8, 4) is 75.1 Å². The van der Waals surface area contributed by atoms with Gasteiger partial charge in [-0.2, -0.15) is 0 Å². The Kier molecular flexibility index (Phi) is 18.7. The summed E-state index contributed by atoms with van der Waals surface area (Å²) in [4.78, 5) is 5.34. The van der Waals surface area contributed by atoms with Crippen LogP contribution in [0.1, 0.15) is 189 Å². The van der Waals surface area contributed by atoms with Crippen molar-refractivity contribution < 1.29 is 0 Å². The Morgan fingerprint density at radius 3 is 1.11 bits per heavy atom. The summed E-state index contributed by atoms with van der Waals surface area (Å²) in [7, 11) is 0. The normalized spacial score (nSPS) is 13.6. The van der Waals surface area contributed by atoms with Gasteiger partial charge in [0.2, 0.25) is 0 Å². The highest BCUT2D eigenvalue weighted by Crippen LogP contribution is 2.58. The molecule has 0 saturated carbocycles. The van der Waals surface area contributed by atoms with E-state index >= 15 is 0 Å². The first kappa shape index (κ1) is 56.5. The standard InChI is InChI=1S/C77H88S2/c1-8-14-18-22-46-76(47-23-19-15-9-2)68-50-55(7)26-38-64(68)65-39-35-61(52-69(65)76)58-31-33-59(34-32-58)62-36-40-66-67-41-37-63(54-71(67)77(70(66)53-62,48-24-20-16-10-3)49-25-21-17-11-4)73-43-45-75(79-73)74-44-42-72(78-74)60-29-27-57(28-30-60)51-56(12-5)13-6/h12-13,26-45,50,52-54,56H,5-6,8-11,14-25,46-49,51H2,1-4,7H3. The molecule has 0 nitrogen and oxygen atoms in total. The number of aryl methyl sites for hydroxylation is 1. The molecule has 0 amide bonds. The lowest BCUT2D eigenvalue weighted by Crippen LogP contribution is -2.25. The molecule has 2 heteroatoms. The van der Waals surface area contributed by atoms with E-state index in [1.165, 1.54) is 215 Å². The Hall–Kier alpha value is -5.80. The third kappa shape index (κ3) is 12.0. The minimum absolute atomic E-state index is 0.0191. The van der Waals surface area contributed by atoms with E-state index in [2.05, 4.69) is 193 Å². The van der Waals surface area contributed by atoms with Gasteiger partial charge < -0.3 is 0 Å². The van der Waals surface area contributed by atoms with Crippen molar-refractivity contribution in [2.45, 2.75) is 180 Å². The van der Waals surface area contributed by atoms with E-state index in [4.69, 9.17) is 0 Å².